The quantitative estimate of drug-likeness (QED) is 0.819. The minimum absolute atomic E-state index is 0.514. The van der Waals surface area contributed by atoms with Crippen molar-refractivity contribution in [3.8, 4) is 0 Å². The van der Waals surface area contributed by atoms with Crippen LogP contribution in [0.15, 0.2) is 24.3 Å². The molecule has 0 heterocycles. The van der Waals surface area contributed by atoms with E-state index in [2.05, 4.69) is 69.3 Å². The van der Waals surface area contributed by atoms with Crippen LogP contribution in [0.5, 0.6) is 0 Å². The third-order valence-corrected chi connectivity index (χ3v) is 2.85. The first-order chi connectivity index (χ1) is 7.49. The summed E-state index contributed by atoms with van der Waals surface area (Å²) in [7, 11) is 4.18. The Bertz CT molecular complexity index is 301. The fourth-order valence-corrected chi connectivity index (χ4v) is 1.50. The number of hydrogen-bond acceptors (Lipinski definition) is 2. The van der Waals surface area contributed by atoms with Crippen molar-refractivity contribution in [1.82, 2.24) is 4.90 Å². The molecule has 0 aromatic heterocycles. The normalized spacial score (nSPS) is 13.2. The third-order valence-electron chi connectivity index (χ3n) is 2.85. The van der Waals surface area contributed by atoms with Gasteiger partial charge in [0, 0.05) is 18.3 Å². The highest BCUT2D eigenvalue weighted by molar-refractivity contribution is 5.45. The van der Waals surface area contributed by atoms with Gasteiger partial charge < -0.3 is 10.2 Å². The van der Waals surface area contributed by atoms with E-state index in [0.29, 0.717) is 12.0 Å². The summed E-state index contributed by atoms with van der Waals surface area (Å²) in [6, 6.07) is 9.22. The molecule has 16 heavy (non-hydrogen) atoms. The second kappa shape index (κ2) is 5.90. The van der Waals surface area contributed by atoms with E-state index >= 15 is 0 Å². The van der Waals surface area contributed by atoms with Crippen molar-refractivity contribution >= 4 is 5.69 Å². The molecule has 1 aromatic rings. The fraction of sp³-hybridized carbons (Fsp3) is 0.571. The smallest absolute Gasteiger partial charge is 0.0342 e. The van der Waals surface area contributed by atoms with E-state index < -0.39 is 0 Å². The molecule has 0 saturated carbocycles. The minimum atomic E-state index is 0.514. The van der Waals surface area contributed by atoms with Gasteiger partial charge in [-0.15, -0.1) is 0 Å². The van der Waals surface area contributed by atoms with Gasteiger partial charge in [0.1, 0.15) is 0 Å². The van der Waals surface area contributed by atoms with Gasteiger partial charge in [0.15, 0.2) is 0 Å². The van der Waals surface area contributed by atoms with Gasteiger partial charge in [0.2, 0.25) is 0 Å². The Morgan fingerprint density at radius 1 is 1.06 bits per heavy atom. The van der Waals surface area contributed by atoms with Gasteiger partial charge in [0.25, 0.3) is 0 Å². The third kappa shape index (κ3) is 4.23. The molecule has 0 saturated heterocycles. The fourth-order valence-electron chi connectivity index (χ4n) is 1.50. The van der Waals surface area contributed by atoms with Gasteiger partial charge in [-0.25, -0.2) is 0 Å². The molecular formula is C14H24N2. The number of anilines is 1. The number of benzene rings is 1. The minimum Gasteiger partial charge on any atom is -0.382 e. The van der Waals surface area contributed by atoms with Gasteiger partial charge in [0.05, 0.1) is 0 Å². The van der Waals surface area contributed by atoms with E-state index in [4.69, 9.17) is 0 Å². The first-order valence-electron chi connectivity index (χ1n) is 5.99. The molecule has 1 rings (SSSR count). The standard InChI is InChI=1S/C14H24N2/c1-11(2)12(3)15-14-8-6-13(7-9-14)10-16(4)5/h6-9,11-12,15H,10H2,1-5H3. The number of rotatable bonds is 5. The molecule has 90 valence electrons. The van der Waals surface area contributed by atoms with Gasteiger partial charge in [-0.3, -0.25) is 0 Å². The van der Waals surface area contributed by atoms with E-state index in [1.165, 1.54) is 11.3 Å². The zero-order valence-electron chi connectivity index (χ0n) is 11.1. The maximum absolute atomic E-state index is 3.51. The van der Waals surface area contributed by atoms with E-state index in [1.54, 1.807) is 0 Å². The number of hydrogen-bond donors (Lipinski definition) is 1. The van der Waals surface area contributed by atoms with Crippen LogP contribution in [0, 0.1) is 5.92 Å². The van der Waals surface area contributed by atoms with Crippen molar-refractivity contribution in [2.75, 3.05) is 19.4 Å². The molecule has 0 radical (unpaired) electrons. The predicted octanol–water partition coefficient (Wildman–Crippen LogP) is 3.20. The molecule has 1 N–H and O–H groups in total. The van der Waals surface area contributed by atoms with E-state index in [1.807, 2.05) is 0 Å². The molecule has 0 spiro atoms. The Labute approximate surface area is 99.7 Å². The Balaban J connectivity index is 2.57. The summed E-state index contributed by atoms with van der Waals surface area (Å²) < 4.78 is 0. The molecule has 0 fully saturated rings. The Hall–Kier alpha value is -1.02. The van der Waals surface area contributed by atoms with Crippen molar-refractivity contribution in [3.05, 3.63) is 29.8 Å². The highest BCUT2D eigenvalue weighted by atomic mass is 15.0. The van der Waals surface area contributed by atoms with Crippen molar-refractivity contribution in [2.45, 2.75) is 33.4 Å². The van der Waals surface area contributed by atoms with Gasteiger partial charge in [-0.1, -0.05) is 26.0 Å². The van der Waals surface area contributed by atoms with E-state index in [-0.39, 0.29) is 0 Å². The summed E-state index contributed by atoms with van der Waals surface area (Å²) in [4.78, 5) is 2.18. The van der Waals surface area contributed by atoms with Gasteiger partial charge in [-0.05, 0) is 44.6 Å². The topological polar surface area (TPSA) is 15.3 Å². The number of nitrogens with zero attached hydrogens (tertiary/aromatic N) is 1. The van der Waals surface area contributed by atoms with Crippen LogP contribution in [0.3, 0.4) is 0 Å². The maximum atomic E-state index is 3.51. The molecule has 2 nitrogen and oxygen atoms in total. The second-order valence-corrected chi connectivity index (χ2v) is 5.11. The van der Waals surface area contributed by atoms with E-state index in [9.17, 15) is 0 Å². The maximum Gasteiger partial charge on any atom is 0.0342 e. The van der Waals surface area contributed by atoms with Crippen LogP contribution in [-0.2, 0) is 6.54 Å². The summed E-state index contributed by atoms with van der Waals surface area (Å²) in [5, 5.41) is 3.51. The van der Waals surface area contributed by atoms with Crippen molar-refractivity contribution < 1.29 is 0 Å². The molecule has 0 bridgehead atoms. The largest absolute Gasteiger partial charge is 0.382 e. The summed E-state index contributed by atoms with van der Waals surface area (Å²) in [6.07, 6.45) is 0. The number of nitrogens with one attached hydrogen (secondary N) is 1. The molecule has 0 amide bonds. The molecule has 1 unspecified atom stereocenters. The average molecular weight is 220 g/mol. The Kier molecular flexibility index (Phi) is 4.81. The Morgan fingerprint density at radius 3 is 2.06 bits per heavy atom. The van der Waals surface area contributed by atoms with Crippen molar-refractivity contribution in [3.63, 3.8) is 0 Å². The van der Waals surface area contributed by atoms with Crippen molar-refractivity contribution in [2.24, 2.45) is 5.92 Å². The van der Waals surface area contributed by atoms with Crippen LogP contribution in [0.1, 0.15) is 26.3 Å². The summed E-state index contributed by atoms with van der Waals surface area (Å²) >= 11 is 0. The zero-order chi connectivity index (χ0) is 12.1. The molecule has 0 aliphatic heterocycles. The summed E-state index contributed by atoms with van der Waals surface area (Å²) in [5.74, 6) is 0.654. The SMILES string of the molecule is CC(C)C(C)Nc1ccc(CN(C)C)cc1. The lowest BCUT2D eigenvalue weighted by atomic mass is 10.1. The Morgan fingerprint density at radius 2 is 1.62 bits per heavy atom. The van der Waals surface area contributed by atoms with Crippen LogP contribution in [-0.4, -0.2) is 25.0 Å². The lowest BCUT2D eigenvalue weighted by Crippen LogP contribution is -2.21. The van der Waals surface area contributed by atoms with Crippen LogP contribution in [0.2, 0.25) is 0 Å². The lowest BCUT2D eigenvalue weighted by molar-refractivity contribution is 0.402. The molecule has 2 heteroatoms. The second-order valence-electron chi connectivity index (χ2n) is 5.11. The highest BCUT2D eigenvalue weighted by Crippen LogP contribution is 2.14. The van der Waals surface area contributed by atoms with Crippen molar-refractivity contribution in [1.29, 1.82) is 0 Å². The van der Waals surface area contributed by atoms with E-state index in [0.717, 1.165) is 6.54 Å². The van der Waals surface area contributed by atoms with Crippen LogP contribution >= 0.6 is 0 Å². The zero-order valence-corrected chi connectivity index (χ0v) is 11.1. The molecule has 0 aliphatic rings. The molecule has 0 aliphatic carbocycles. The summed E-state index contributed by atoms with van der Waals surface area (Å²) in [5.41, 5.74) is 2.57. The van der Waals surface area contributed by atoms with Gasteiger partial charge >= 0.3 is 0 Å². The summed E-state index contributed by atoms with van der Waals surface area (Å²) in [6.45, 7) is 7.69. The van der Waals surface area contributed by atoms with Crippen LogP contribution in [0.25, 0.3) is 0 Å². The monoisotopic (exact) mass is 220 g/mol. The molecule has 1 atom stereocenters. The first kappa shape index (κ1) is 13.0. The lowest BCUT2D eigenvalue weighted by Gasteiger charge is -2.19. The van der Waals surface area contributed by atoms with Crippen LogP contribution < -0.4 is 5.32 Å². The van der Waals surface area contributed by atoms with Crippen LogP contribution in [0.4, 0.5) is 5.69 Å². The highest BCUT2D eigenvalue weighted by Gasteiger charge is 2.06. The first-order valence-corrected chi connectivity index (χ1v) is 5.99. The predicted molar refractivity (Wildman–Crippen MR) is 71.8 cm³/mol. The average Bonchev–Trinajstić information content (AvgIpc) is 2.20. The molecule has 1 aromatic carbocycles. The van der Waals surface area contributed by atoms with Gasteiger partial charge in [-0.2, -0.15) is 0 Å². The molecular weight excluding hydrogens is 196 g/mol.